The smallest absolute Gasteiger partial charge is 0.228 e. The summed E-state index contributed by atoms with van der Waals surface area (Å²) in [5, 5.41) is 2.93. The number of hydrogen-bond acceptors (Lipinski definition) is 5. The highest BCUT2D eigenvalue weighted by molar-refractivity contribution is 5.92. The molecule has 4 rings (SSSR count). The number of benzene rings is 1. The van der Waals surface area contributed by atoms with E-state index in [1.165, 1.54) is 0 Å². The molecule has 0 saturated carbocycles. The van der Waals surface area contributed by atoms with Crippen molar-refractivity contribution < 1.29 is 14.3 Å². The fourth-order valence-electron chi connectivity index (χ4n) is 3.70. The van der Waals surface area contributed by atoms with Crippen LogP contribution in [-0.2, 0) is 20.7 Å². The zero-order valence-corrected chi connectivity index (χ0v) is 15.6. The van der Waals surface area contributed by atoms with Crippen LogP contribution in [0.25, 0.3) is 0 Å². The topological polar surface area (TPSA) is 63.7 Å². The molecule has 1 aromatic carbocycles. The molecule has 1 amide bonds. The Balaban J connectivity index is 1.32. The lowest BCUT2D eigenvalue weighted by molar-refractivity contribution is -0.169. The van der Waals surface area contributed by atoms with Gasteiger partial charge in [0.05, 0.1) is 31.5 Å². The van der Waals surface area contributed by atoms with Gasteiger partial charge in [-0.25, -0.2) is 4.98 Å². The second-order valence-electron chi connectivity index (χ2n) is 7.15. The van der Waals surface area contributed by atoms with Gasteiger partial charge in [-0.1, -0.05) is 24.3 Å². The number of carbonyl (C=O) groups is 1. The lowest BCUT2D eigenvalue weighted by Crippen LogP contribution is -2.45. The van der Waals surface area contributed by atoms with Gasteiger partial charge < -0.3 is 19.7 Å². The molecule has 27 heavy (non-hydrogen) atoms. The molecule has 1 N–H and O–H groups in total. The summed E-state index contributed by atoms with van der Waals surface area (Å²) >= 11 is 0. The lowest BCUT2D eigenvalue weighted by Gasteiger charge is -2.38. The van der Waals surface area contributed by atoms with E-state index in [0.717, 1.165) is 42.9 Å². The second kappa shape index (κ2) is 7.66. The van der Waals surface area contributed by atoms with Crippen molar-refractivity contribution in [3.05, 3.63) is 53.7 Å². The molecule has 2 saturated heterocycles. The summed E-state index contributed by atoms with van der Waals surface area (Å²) in [6.07, 6.45) is 3.79. The molecule has 0 radical (unpaired) electrons. The summed E-state index contributed by atoms with van der Waals surface area (Å²) in [6, 6.07) is 11.8. The van der Waals surface area contributed by atoms with E-state index in [-0.39, 0.29) is 11.7 Å². The fourth-order valence-corrected chi connectivity index (χ4v) is 3.70. The Morgan fingerprint density at radius 3 is 2.56 bits per heavy atom. The second-order valence-corrected chi connectivity index (χ2v) is 7.15. The molecule has 6 nitrogen and oxygen atoms in total. The molecule has 1 spiro atoms. The van der Waals surface area contributed by atoms with Gasteiger partial charge in [-0.05, 0) is 30.2 Å². The highest BCUT2D eigenvalue weighted by Gasteiger charge is 2.39. The monoisotopic (exact) mass is 367 g/mol. The Labute approximate surface area is 159 Å². The van der Waals surface area contributed by atoms with Crippen LogP contribution in [0.15, 0.2) is 42.6 Å². The maximum absolute atomic E-state index is 12.3. The normalized spacial score (nSPS) is 18.6. The Morgan fingerprint density at radius 1 is 1.15 bits per heavy atom. The first-order valence-electron chi connectivity index (χ1n) is 9.47. The highest BCUT2D eigenvalue weighted by Crippen LogP contribution is 2.32. The zero-order chi connectivity index (χ0) is 18.7. The van der Waals surface area contributed by atoms with Gasteiger partial charge in [-0.15, -0.1) is 0 Å². The van der Waals surface area contributed by atoms with Crippen LogP contribution in [0.1, 0.15) is 24.0 Å². The molecule has 6 heteroatoms. The summed E-state index contributed by atoms with van der Waals surface area (Å²) < 4.78 is 11.5. The third-order valence-electron chi connectivity index (χ3n) is 5.31. The maximum Gasteiger partial charge on any atom is 0.228 e. The van der Waals surface area contributed by atoms with Crippen LogP contribution < -0.4 is 10.2 Å². The van der Waals surface area contributed by atoms with E-state index in [0.29, 0.717) is 25.3 Å². The number of rotatable bonds is 4. The molecule has 0 unspecified atom stereocenters. The van der Waals surface area contributed by atoms with Gasteiger partial charge in [-0.2, -0.15) is 0 Å². The van der Waals surface area contributed by atoms with E-state index in [2.05, 4.69) is 15.2 Å². The number of pyridine rings is 1. The van der Waals surface area contributed by atoms with Crippen LogP contribution in [0.5, 0.6) is 0 Å². The van der Waals surface area contributed by atoms with E-state index in [1.807, 2.05) is 43.3 Å². The molecular weight excluding hydrogens is 342 g/mol. The van der Waals surface area contributed by atoms with Gasteiger partial charge in [-0.3, -0.25) is 4.79 Å². The first-order chi connectivity index (χ1) is 13.1. The van der Waals surface area contributed by atoms with Crippen LogP contribution in [0, 0.1) is 6.92 Å². The molecular formula is C21H25N3O3. The van der Waals surface area contributed by atoms with Crippen molar-refractivity contribution in [1.29, 1.82) is 0 Å². The number of aromatic nitrogens is 1. The summed E-state index contributed by atoms with van der Waals surface area (Å²) in [6.45, 7) is 5.10. The third kappa shape index (κ3) is 4.12. The standard InChI is InChI=1S/C21H25N3O3/c1-16-4-2-3-5-17(16)14-20(25)23-18-6-7-19(22-15-18)24-10-8-21(9-11-24)26-12-13-27-21/h2-7,15H,8-14H2,1H3,(H,23,25). The Kier molecular flexibility index (Phi) is 5.09. The van der Waals surface area contributed by atoms with Gasteiger partial charge in [0.25, 0.3) is 0 Å². The Bertz CT molecular complexity index is 791. The summed E-state index contributed by atoms with van der Waals surface area (Å²) in [7, 11) is 0. The van der Waals surface area contributed by atoms with Crippen LogP contribution in [0.4, 0.5) is 11.5 Å². The van der Waals surface area contributed by atoms with Crippen LogP contribution in [-0.4, -0.2) is 43.0 Å². The predicted octanol–water partition coefficient (Wildman–Crippen LogP) is 2.91. The average Bonchev–Trinajstić information content (AvgIpc) is 3.13. The minimum absolute atomic E-state index is 0.0331. The van der Waals surface area contributed by atoms with Crippen LogP contribution >= 0.6 is 0 Å². The van der Waals surface area contributed by atoms with E-state index in [1.54, 1.807) is 6.20 Å². The number of aryl methyl sites for hydroxylation is 1. The molecule has 2 aliphatic rings. The molecule has 2 aliphatic heterocycles. The van der Waals surface area contributed by atoms with Crippen molar-refractivity contribution in [3.8, 4) is 0 Å². The van der Waals surface area contributed by atoms with Crippen molar-refractivity contribution in [2.24, 2.45) is 0 Å². The van der Waals surface area contributed by atoms with Gasteiger partial charge in [0.15, 0.2) is 5.79 Å². The van der Waals surface area contributed by atoms with E-state index < -0.39 is 0 Å². The van der Waals surface area contributed by atoms with E-state index in [9.17, 15) is 4.79 Å². The molecule has 1 aromatic heterocycles. The molecule has 142 valence electrons. The van der Waals surface area contributed by atoms with Crippen molar-refractivity contribution in [2.45, 2.75) is 32.0 Å². The Morgan fingerprint density at radius 2 is 1.89 bits per heavy atom. The average molecular weight is 367 g/mol. The quantitative estimate of drug-likeness (QED) is 0.900. The SMILES string of the molecule is Cc1ccccc1CC(=O)Nc1ccc(N2CCC3(CC2)OCCO3)nc1. The van der Waals surface area contributed by atoms with Crippen molar-refractivity contribution in [3.63, 3.8) is 0 Å². The first kappa shape index (κ1) is 17.9. The number of nitrogens with one attached hydrogen (secondary N) is 1. The third-order valence-corrected chi connectivity index (χ3v) is 5.31. The maximum atomic E-state index is 12.3. The van der Waals surface area contributed by atoms with Gasteiger partial charge in [0.2, 0.25) is 5.91 Å². The van der Waals surface area contributed by atoms with Crippen molar-refractivity contribution >= 4 is 17.4 Å². The Hall–Kier alpha value is -2.44. The first-order valence-corrected chi connectivity index (χ1v) is 9.47. The fraction of sp³-hybridized carbons (Fsp3) is 0.429. The van der Waals surface area contributed by atoms with Crippen LogP contribution in [0.2, 0.25) is 0 Å². The molecule has 0 bridgehead atoms. The van der Waals surface area contributed by atoms with Gasteiger partial charge in [0.1, 0.15) is 5.82 Å². The van der Waals surface area contributed by atoms with Gasteiger partial charge in [0, 0.05) is 25.9 Å². The minimum atomic E-state index is -0.375. The number of amides is 1. The van der Waals surface area contributed by atoms with Gasteiger partial charge >= 0.3 is 0 Å². The predicted molar refractivity (Wildman–Crippen MR) is 104 cm³/mol. The number of ether oxygens (including phenoxy) is 2. The molecule has 2 aromatic rings. The van der Waals surface area contributed by atoms with Crippen LogP contribution in [0.3, 0.4) is 0 Å². The van der Waals surface area contributed by atoms with Crippen molar-refractivity contribution in [2.75, 3.05) is 36.5 Å². The molecule has 3 heterocycles. The number of anilines is 2. The minimum Gasteiger partial charge on any atom is -0.356 e. The number of carbonyl (C=O) groups excluding carboxylic acids is 1. The van der Waals surface area contributed by atoms with E-state index in [4.69, 9.17) is 9.47 Å². The lowest BCUT2D eigenvalue weighted by atomic mass is 10.0. The number of piperidine rings is 1. The van der Waals surface area contributed by atoms with E-state index >= 15 is 0 Å². The summed E-state index contributed by atoms with van der Waals surface area (Å²) in [5.74, 6) is 0.508. The number of nitrogens with zero attached hydrogens (tertiary/aromatic N) is 2. The molecule has 0 atom stereocenters. The largest absolute Gasteiger partial charge is 0.356 e. The van der Waals surface area contributed by atoms with Crippen molar-refractivity contribution in [1.82, 2.24) is 4.98 Å². The highest BCUT2D eigenvalue weighted by atomic mass is 16.7. The number of hydrogen-bond donors (Lipinski definition) is 1. The molecule has 2 fully saturated rings. The zero-order valence-electron chi connectivity index (χ0n) is 15.6. The summed E-state index contributed by atoms with van der Waals surface area (Å²) in [5.41, 5.74) is 2.88. The summed E-state index contributed by atoms with van der Waals surface area (Å²) in [4.78, 5) is 19.0. The molecule has 0 aliphatic carbocycles.